The van der Waals surface area contributed by atoms with Crippen molar-refractivity contribution in [2.45, 2.75) is 44.6 Å². The van der Waals surface area contributed by atoms with Crippen LogP contribution in [0.1, 0.15) is 32.9 Å². The third kappa shape index (κ3) is 5.54. The summed E-state index contributed by atoms with van der Waals surface area (Å²) >= 11 is 0. The quantitative estimate of drug-likeness (QED) is 0.172. The van der Waals surface area contributed by atoms with Crippen molar-refractivity contribution in [1.29, 1.82) is 0 Å². The Bertz CT molecular complexity index is 1110. The normalized spacial score (nSPS) is 24.3. The molecule has 4 atom stereocenters. The van der Waals surface area contributed by atoms with E-state index in [1.807, 2.05) is 0 Å². The zero-order valence-corrected chi connectivity index (χ0v) is 19.9. The minimum Gasteiger partial charge on any atom is -0.479 e. The maximum atomic E-state index is 12.2. The number of hydrogen-bond donors (Lipinski definition) is 3. The summed E-state index contributed by atoms with van der Waals surface area (Å²) < 4.78 is 39.4. The number of methoxy groups -OCH3 is 1. The summed E-state index contributed by atoms with van der Waals surface area (Å²) in [6, 6.07) is 0. The Kier molecular flexibility index (Phi) is 7.91. The van der Waals surface area contributed by atoms with Crippen molar-refractivity contribution < 1.29 is 42.6 Å². The third-order valence-corrected chi connectivity index (χ3v) is 6.12. The van der Waals surface area contributed by atoms with Gasteiger partial charge in [0.2, 0.25) is 11.8 Å². The van der Waals surface area contributed by atoms with E-state index in [0.717, 1.165) is 0 Å². The summed E-state index contributed by atoms with van der Waals surface area (Å²) in [6.07, 6.45) is -0.416. The van der Waals surface area contributed by atoms with E-state index in [9.17, 15) is 19.4 Å². The van der Waals surface area contributed by atoms with Crippen molar-refractivity contribution in [2.24, 2.45) is 0 Å². The van der Waals surface area contributed by atoms with Crippen molar-refractivity contribution in [3.63, 3.8) is 0 Å². The number of aliphatic hydroxyl groups is 1. The van der Waals surface area contributed by atoms with Crippen LogP contribution in [0.25, 0.3) is 11.2 Å². The molecule has 1 aliphatic rings. The van der Waals surface area contributed by atoms with Gasteiger partial charge in [0, 0.05) is 6.42 Å². The van der Waals surface area contributed by atoms with Gasteiger partial charge in [0.05, 0.1) is 33.3 Å². The van der Waals surface area contributed by atoms with E-state index in [4.69, 9.17) is 29.0 Å². The molecule has 1 aliphatic heterocycles. The van der Waals surface area contributed by atoms with Crippen molar-refractivity contribution in [1.82, 2.24) is 19.5 Å². The van der Waals surface area contributed by atoms with Crippen LogP contribution in [-0.4, -0.2) is 74.1 Å². The molecule has 34 heavy (non-hydrogen) atoms. The minimum atomic E-state index is -4.45. The smallest absolute Gasteiger partial charge is 0.472 e. The van der Waals surface area contributed by atoms with Gasteiger partial charge in [0.25, 0.3) is 0 Å². The SMILES string of the molecule is C=C1[C@@H](COP(=O)(O)OCCCC(=O)OCC)O[C@@H](n2cnc3c(OC)nc(N)nc32)[C@]1(C)O. The van der Waals surface area contributed by atoms with E-state index in [-0.39, 0.29) is 49.1 Å². The largest absolute Gasteiger partial charge is 0.479 e. The number of fused-ring (bicyclic) bond motifs is 1. The van der Waals surface area contributed by atoms with E-state index in [0.29, 0.717) is 5.52 Å². The second kappa shape index (κ2) is 10.3. The van der Waals surface area contributed by atoms with Gasteiger partial charge in [-0.2, -0.15) is 9.97 Å². The highest BCUT2D eigenvalue weighted by Gasteiger charge is 2.49. The molecule has 3 heterocycles. The molecule has 0 amide bonds. The van der Waals surface area contributed by atoms with Crippen LogP contribution in [0.15, 0.2) is 18.5 Å². The first-order valence-electron chi connectivity index (χ1n) is 10.4. The molecule has 0 spiro atoms. The number of carbonyl (C=O) groups excluding carboxylic acids is 1. The van der Waals surface area contributed by atoms with Crippen LogP contribution in [0.3, 0.4) is 0 Å². The first-order chi connectivity index (χ1) is 16.0. The summed E-state index contributed by atoms with van der Waals surface area (Å²) in [5.74, 6) is -0.344. The lowest BCUT2D eigenvalue weighted by Crippen LogP contribution is -2.33. The number of nitrogens with zero attached hydrogens (tertiary/aromatic N) is 4. The molecule has 188 valence electrons. The molecule has 0 aliphatic carbocycles. The lowest BCUT2D eigenvalue weighted by Gasteiger charge is -2.25. The van der Waals surface area contributed by atoms with Gasteiger partial charge in [-0.25, -0.2) is 9.55 Å². The number of imidazole rings is 1. The molecular formula is C19H28N5O9P. The topological polar surface area (TPSA) is 190 Å². The average molecular weight is 501 g/mol. The molecule has 15 heteroatoms. The van der Waals surface area contributed by atoms with E-state index >= 15 is 0 Å². The Morgan fingerprint density at radius 2 is 2.15 bits per heavy atom. The number of anilines is 1. The van der Waals surface area contributed by atoms with Crippen LogP contribution in [0.4, 0.5) is 5.95 Å². The molecule has 2 aromatic heterocycles. The minimum absolute atomic E-state index is 0.0403. The lowest BCUT2D eigenvalue weighted by molar-refractivity contribution is -0.143. The first-order valence-corrected chi connectivity index (χ1v) is 11.9. The molecule has 0 radical (unpaired) electrons. The summed E-state index contributed by atoms with van der Waals surface area (Å²) in [6.45, 7) is 6.64. The predicted molar refractivity (Wildman–Crippen MR) is 118 cm³/mol. The number of ether oxygens (including phenoxy) is 3. The molecule has 0 aromatic carbocycles. The van der Waals surface area contributed by atoms with E-state index in [1.165, 1.54) is 24.9 Å². The van der Waals surface area contributed by atoms with Crippen LogP contribution in [0.5, 0.6) is 5.88 Å². The fourth-order valence-electron chi connectivity index (χ4n) is 3.38. The second-order valence-corrected chi connectivity index (χ2v) is 9.02. The zero-order valence-electron chi connectivity index (χ0n) is 19.0. The number of aromatic nitrogens is 4. The summed E-state index contributed by atoms with van der Waals surface area (Å²) in [7, 11) is -3.05. The fraction of sp³-hybridized carbons (Fsp3) is 0.579. The Morgan fingerprint density at radius 1 is 1.41 bits per heavy atom. The number of carbonyl (C=O) groups is 1. The first kappa shape index (κ1) is 26.0. The van der Waals surface area contributed by atoms with Crippen molar-refractivity contribution in [2.75, 3.05) is 32.7 Å². The average Bonchev–Trinajstić information content (AvgIpc) is 3.28. The highest BCUT2D eigenvalue weighted by atomic mass is 31.2. The molecule has 14 nitrogen and oxygen atoms in total. The van der Waals surface area contributed by atoms with Crippen LogP contribution >= 0.6 is 7.82 Å². The summed E-state index contributed by atoms with van der Waals surface area (Å²) in [5, 5.41) is 11.1. The standard InChI is InChI=1S/C19H28N5O9P/c1-5-30-13(25)7-6-8-31-34(27,28)32-9-12-11(2)19(3,26)17(33-12)24-10-21-14-15(24)22-18(20)23-16(14)29-4/h10,12,17,26H,2,5-9H2,1,3-4H3,(H,27,28)(H2,20,22,23)/t12-,17-,19-/m1/s1. The van der Waals surface area contributed by atoms with E-state index < -0.39 is 38.3 Å². The predicted octanol–water partition coefficient (Wildman–Crippen LogP) is 1.10. The second-order valence-electron chi connectivity index (χ2n) is 7.57. The lowest BCUT2D eigenvalue weighted by atomic mass is 9.95. The molecular weight excluding hydrogens is 473 g/mol. The molecule has 1 saturated heterocycles. The Morgan fingerprint density at radius 3 is 2.82 bits per heavy atom. The van der Waals surface area contributed by atoms with Crippen LogP contribution in [0.2, 0.25) is 0 Å². The number of nitrogen functional groups attached to an aromatic ring is 1. The van der Waals surface area contributed by atoms with Gasteiger partial charge < -0.3 is 29.9 Å². The van der Waals surface area contributed by atoms with Crippen molar-refractivity contribution >= 4 is 30.9 Å². The van der Waals surface area contributed by atoms with Gasteiger partial charge in [0.1, 0.15) is 11.7 Å². The molecule has 1 fully saturated rings. The number of hydrogen-bond acceptors (Lipinski definition) is 12. The van der Waals surface area contributed by atoms with Crippen LogP contribution in [0, 0.1) is 0 Å². The van der Waals surface area contributed by atoms with Gasteiger partial charge in [-0.3, -0.25) is 18.4 Å². The van der Waals surface area contributed by atoms with E-state index in [2.05, 4.69) is 21.5 Å². The molecule has 0 saturated carbocycles. The highest BCUT2D eigenvalue weighted by Crippen LogP contribution is 2.47. The summed E-state index contributed by atoms with van der Waals surface area (Å²) in [5.41, 5.74) is 4.89. The van der Waals surface area contributed by atoms with Crippen molar-refractivity contribution in [3.05, 3.63) is 18.5 Å². The van der Waals surface area contributed by atoms with Crippen molar-refractivity contribution in [3.8, 4) is 5.88 Å². The monoisotopic (exact) mass is 501 g/mol. The van der Waals surface area contributed by atoms with Crippen LogP contribution in [-0.2, 0) is 27.9 Å². The Hall–Kier alpha value is -2.61. The molecule has 3 rings (SSSR count). The van der Waals surface area contributed by atoms with Gasteiger partial charge in [-0.05, 0) is 25.8 Å². The van der Waals surface area contributed by atoms with Gasteiger partial charge >= 0.3 is 13.8 Å². The Labute approximate surface area is 195 Å². The highest BCUT2D eigenvalue weighted by molar-refractivity contribution is 7.47. The number of phosphoric acid groups is 1. The summed E-state index contributed by atoms with van der Waals surface area (Å²) in [4.78, 5) is 33.6. The number of esters is 1. The fourth-order valence-corrected chi connectivity index (χ4v) is 4.14. The van der Waals surface area contributed by atoms with E-state index in [1.54, 1.807) is 6.92 Å². The van der Waals surface area contributed by atoms with Gasteiger partial charge in [0.15, 0.2) is 17.4 Å². The third-order valence-electron chi connectivity index (χ3n) is 5.14. The Balaban J connectivity index is 1.66. The maximum Gasteiger partial charge on any atom is 0.472 e. The molecule has 1 unspecified atom stereocenters. The number of phosphoric ester groups is 1. The zero-order chi connectivity index (χ0) is 25.1. The number of rotatable bonds is 11. The van der Waals surface area contributed by atoms with Gasteiger partial charge in [-0.1, -0.05) is 6.58 Å². The maximum absolute atomic E-state index is 12.2. The molecule has 0 bridgehead atoms. The molecule has 4 N–H and O–H groups in total. The van der Waals surface area contributed by atoms with Crippen LogP contribution < -0.4 is 10.5 Å². The van der Waals surface area contributed by atoms with Gasteiger partial charge in [-0.15, -0.1) is 0 Å². The molecule has 2 aromatic rings. The number of nitrogens with two attached hydrogens (primary N) is 1.